The van der Waals surface area contributed by atoms with Crippen LogP contribution >= 0.6 is 0 Å². The van der Waals surface area contributed by atoms with E-state index in [2.05, 4.69) is 63.6 Å². The Hall–Kier alpha value is -1.76. The van der Waals surface area contributed by atoms with Crippen LogP contribution in [0.25, 0.3) is 21.8 Å². The Bertz CT molecular complexity index is 898. The fourth-order valence-electron chi connectivity index (χ4n) is 4.86. The van der Waals surface area contributed by atoms with Crippen molar-refractivity contribution < 1.29 is 0 Å². The predicted molar refractivity (Wildman–Crippen MR) is 116 cm³/mol. The molecule has 0 N–H and O–H groups in total. The summed E-state index contributed by atoms with van der Waals surface area (Å²) in [7, 11) is 2.27. The SMILES string of the molecule is CCCc1c(CCC)c(CCC)c2c(c1CCC)c1ccccc1n2C. The first-order valence-corrected chi connectivity index (χ1v) is 10.7. The fourth-order valence-corrected chi connectivity index (χ4v) is 4.86. The summed E-state index contributed by atoms with van der Waals surface area (Å²) in [6, 6.07) is 9.01. The number of aromatic nitrogens is 1. The van der Waals surface area contributed by atoms with Gasteiger partial charge in [-0.3, -0.25) is 0 Å². The van der Waals surface area contributed by atoms with Crippen molar-refractivity contribution in [2.45, 2.75) is 79.1 Å². The van der Waals surface area contributed by atoms with E-state index in [-0.39, 0.29) is 0 Å². The van der Waals surface area contributed by atoms with Gasteiger partial charge in [0, 0.05) is 23.3 Å². The van der Waals surface area contributed by atoms with Crippen molar-refractivity contribution in [3.63, 3.8) is 0 Å². The third-order valence-corrected chi connectivity index (χ3v) is 5.79. The number of hydrogen-bond acceptors (Lipinski definition) is 0. The van der Waals surface area contributed by atoms with Crippen molar-refractivity contribution in [3.8, 4) is 0 Å². The minimum atomic E-state index is 1.19. The van der Waals surface area contributed by atoms with E-state index in [0.717, 1.165) is 0 Å². The standard InChI is InChI=1S/C25H35N/c1-6-12-18-19(13-7-2)21(15-9-4)25-24(20(18)14-8-3)22-16-10-11-17-23(22)26(25)5/h10-11,16-17H,6-9,12-15H2,1-5H3. The average Bonchev–Trinajstić information content (AvgIpc) is 2.94. The Kier molecular flexibility index (Phi) is 6.06. The van der Waals surface area contributed by atoms with Gasteiger partial charge in [-0.05, 0) is 54.0 Å². The summed E-state index contributed by atoms with van der Waals surface area (Å²) in [5, 5.41) is 3.00. The van der Waals surface area contributed by atoms with Crippen LogP contribution in [0.4, 0.5) is 0 Å². The second-order valence-corrected chi connectivity index (χ2v) is 7.71. The van der Waals surface area contributed by atoms with E-state index in [4.69, 9.17) is 0 Å². The van der Waals surface area contributed by atoms with Crippen molar-refractivity contribution in [2.24, 2.45) is 7.05 Å². The number of aryl methyl sites for hydroxylation is 3. The number of fused-ring (bicyclic) bond motifs is 3. The van der Waals surface area contributed by atoms with Crippen molar-refractivity contribution in [2.75, 3.05) is 0 Å². The second kappa shape index (κ2) is 8.29. The summed E-state index contributed by atoms with van der Waals surface area (Å²) in [6.45, 7) is 9.31. The first kappa shape index (κ1) is 19.0. The summed E-state index contributed by atoms with van der Waals surface area (Å²) in [5.74, 6) is 0. The molecule has 140 valence electrons. The third kappa shape index (κ3) is 3.06. The number of nitrogens with zero attached hydrogens (tertiary/aromatic N) is 1. The summed E-state index contributed by atoms with van der Waals surface area (Å²) in [5.41, 5.74) is 9.53. The van der Waals surface area contributed by atoms with Crippen LogP contribution in [0.1, 0.15) is 75.6 Å². The average molecular weight is 350 g/mol. The quantitative estimate of drug-likeness (QED) is 0.407. The van der Waals surface area contributed by atoms with Gasteiger partial charge < -0.3 is 4.57 Å². The lowest BCUT2D eigenvalue weighted by molar-refractivity contribution is 0.806. The van der Waals surface area contributed by atoms with E-state index in [1.165, 1.54) is 67.8 Å². The lowest BCUT2D eigenvalue weighted by Crippen LogP contribution is -2.08. The summed E-state index contributed by atoms with van der Waals surface area (Å²) < 4.78 is 2.48. The number of benzene rings is 2. The Balaban J connectivity index is 2.54. The molecule has 0 aliphatic heterocycles. The summed E-state index contributed by atoms with van der Waals surface area (Å²) in [6.07, 6.45) is 9.73. The largest absolute Gasteiger partial charge is 0.343 e. The third-order valence-electron chi connectivity index (χ3n) is 5.79. The molecule has 0 atom stereocenters. The monoisotopic (exact) mass is 349 g/mol. The van der Waals surface area contributed by atoms with Gasteiger partial charge in [0.25, 0.3) is 0 Å². The van der Waals surface area contributed by atoms with Gasteiger partial charge in [-0.25, -0.2) is 0 Å². The number of hydrogen-bond donors (Lipinski definition) is 0. The zero-order valence-electron chi connectivity index (χ0n) is 17.4. The van der Waals surface area contributed by atoms with Crippen LogP contribution in [0.15, 0.2) is 24.3 Å². The van der Waals surface area contributed by atoms with Crippen molar-refractivity contribution in [1.29, 1.82) is 0 Å². The summed E-state index contributed by atoms with van der Waals surface area (Å²) >= 11 is 0. The molecule has 2 aromatic carbocycles. The number of para-hydroxylation sites is 1. The van der Waals surface area contributed by atoms with E-state index in [1.807, 2.05) is 0 Å². The Morgan fingerprint density at radius 2 is 1.15 bits per heavy atom. The first-order valence-electron chi connectivity index (χ1n) is 10.7. The molecule has 1 heteroatoms. The molecule has 0 unspecified atom stereocenters. The van der Waals surface area contributed by atoms with Crippen LogP contribution in [0.3, 0.4) is 0 Å². The minimum Gasteiger partial charge on any atom is -0.343 e. The van der Waals surface area contributed by atoms with Gasteiger partial charge in [-0.15, -0.1) is 0 Å². The maximum Gasteiger partial charge on any atom is 0.0527 e. The van der Waals surface area contributed by atoms with Crippen LogP contribution in [0.5, 0.6) is 0 Å². The van der Waals surface area contributed by atoms with E-state index in [1.54, 1.807) is 27.6 Å². The van der Waals surface area contributed by atoms with Gasteiger partial charge in [0.05, 0.1) is 5.52 Å². The van der Waals surface area contributed by atoms with Crippen molar-refractivity contribution in [3.05, 3.63) is 46.5 Å². The van der Waals surface area contributed by atoms with Gasteiger partial charge in [-0.2, -0.15) is 0 Å². The summed E-state index contributed by atoms with van der Waals surface area (Å²) in [4.78, 5) is 0. The zero-order valence-corrected chi connectivity index (χ0v) is 17.4. The molecule has 1 aromatic heterocycles. The lowest BCUT2D eigenvalue weighted by atomic mass is 9.84. The molecule has 1 nitrogen and oxygen atoms in total. The minimum absolute atomic E-state index is 1.19. The highest BCUT2D eigenvalue weighted by Gasteiger charge is 2.22. The van der Waals surface area contributed by atoms with Crippen LogP contribution in [0.2, 0.25) is 0 Å². The maximum absolute atomic E-state index is 2.48. The molecule has 26 heavy (non-hydrogen) atoms. The molecule has 0 amide bonds. The predicted octanol–water partition coefficient (Wildman–Crippen LogP) is 7.14. The molecular formula is C25H35N. The van der Waals surface area contributed by atoms with E-state index >= 15 is 0 Å². The van der Waals surface area contributed by atoms with Gasteiger partial charge >= 0.3 is 0 Å². The van der Waals surface area contributed by atoms with Crippen molar-refractivity contribution in [1.82, 2.24) is 4.57 Å². The molecule has 3 rings (SSSR count). The number of rotatable bonds is 8. The molecule has 0 aliphatic carbocycles. The normalized spacial score (nSPS) is 11.7. The molecule has 1 heterocycles. The van der Waals surface area contributed by atoms with E-state index in [9.17, 15) is 0 Å². The van der Waals surface area contributed by atoms with Gasteiger partial charge in [0.15, 0.2) is 0 Å². The molecule has 0 spiro atoms. The molecule has 0 saturated heterocycles. The fraction of sp³-hybridized carbons (Fsp3) is 0.520. The lowest BCUT2D eigenvalue weighted by Gasteiger charge is -2.22. The highest BCUT2D eigenvalue weighted by atomic mass is 14.9. The van der Waals surface area contributed by atoms with Gasteiger partial charge in [-0.1, -0.05) is 71.6 Å². The molecular weight excluding hydrogens is 314 g/mol. The smallest absolute Gasteiger partial charge is 0.0527 e. The van der Waals surface area contributed by atoms with Crippen LogP contribution in [-0.2, 0) is 32.7 Å². The molecule has 0 saturated carbocycles. The van der Waals surface area contributed by atoms with Crippen LogP contribution < -0.4 is 0 Å². The molecule has 0 bridgehead atoms. The topological polar surface area (TPSA) is 4.93 Å². The molecule has 0 fully saturated rings. The highest BCUT2D eigenvalue weighted by Crippen LogP contribution is 2.39. The van der Waals surface area contributed by atoms with E-state index < -0.39 is 0 Å². The Morgan fingerprint density at radius 3 is 1.77 bits per heavy atom. The Morgan fingerprint density at radius 1 is 0.654 bits per heavy atom. The maximum atomic E-state index is 2.48. The van der Waals surface area contributed by atoms with E-state index in [0.29, 0.717) is 0 Å². The highest BCUT2D eigenvalue weighted by molar-refractivity contribution is 6.11. The van der Waals surface area contributed by atoms with Crippen molar-refractivity contribution >= 4 is 21.8 Å². The first-order chi connectivity index (χ1) is 12.7. The van der Waals surface area contributed by atoms with Gasteiger partial charge in [0.2, 0.25) is 0 Å². The van der Waals surface area contributed by atoms with Crippen LogP contribution in [0, 0.1) is 0 Å². The molecule has 3 aromatic rings. The van der Waals surface area contributed by atoms with Crippen LogP contribution in [-0.4, -0.2) is 4.57 Å². The zero-order chi connectivity index (χ0) is 18.7. The Labute approximate surface area is 159 Å². The molecule has 0 radical (unpaired) electrons. The van der Waals surface area contributed by atoms with Gasteiger partial charge in [0.1, 0.15) is 0 Å². The molecule has 0 aliphatic rings. The second-order valence-electron chi connectivity index (χ2n) is 7.71.